The summed E-state index contributed by atoms with van der Waals surface area (Å²) >= 11 is 0. The third kappa shape index (κ3) is 6.11. The topological polar surface area (TPSA) is 138 Å². The van der Waals surface area contributed by atoms with Gasteiger partial charge in [-0.2, -0.15) is 0 Å². The first-order valence-electron chi connectivity index (χ1n) is 9.72. The predicted octanol–water partition coefficient (Wildman–Crippen LogP) is 0.125. The number of aliphatic hydroxyl groups is 1. The van der Waals surface area contributed by atoms with E-state index in [-0.39, 0.29) is 43.3 Å². The lowest BCUT2D eigenvalue weighted by atomic mass is 9.75. The third-order valence-electron chi connectivity index (χ3n) is 4.79. The molecule has 0 aliphatic heterocycles. The van der Waals surface area contributed by atoms with Crippen LogP contribution in [0.3, 0.4) is 0 Å². The highest BCUT2D eigenvalue weighted by atomic mass is 16.3. The molecule has 0 radical (unpaired) electrons. The molecule has 3 rings (SSSR count). The molecule has 10 nitrogen and oxygen atoms in total. The molecule has 3 amide bonds. The molecule has 0 saturated heterocycles. The molecule has 0 spiro atoms. The van der Waals surface area contributed by atoms with Crippen molar-refractivity contribution in [3.8, 4) is 0 Å². The van der Waals surface area contributed by atoms with Gasteiger partial charge >= 0.3 is 0 Å². The van der Waals surface area contributed by atoms with Crippen LogP contribution in [0.25, 0.3) is 0 Å². The quantitative estimate of drug-likeness (QED) is 0.484. The summed E-state index contributed by atoms with van der Waals surface area (Å²) in [4.78, 5) is 34.4. The highest BCUT2D eigenvalue weighted by molar-refractivity contribution is 5.89. The monoisotopic (exact) mass is 414 g/mol. The van der Waals surface area contributed by atoms with E-state index < -0.39 is 5.60 Å². The number of carbonyl (C=O) groups is 3. The minimum absolute atomic E-state index is 0.108. The summed E-state index contributed by atoms with van der Waals surface area (Å²) in [6, 6.07) is 7.03. The summed E-state index contributed by atoms with van der Waals surface area (Å²) < 4.78 is 1.54. The lowest BCUT2D eigenvalue weighted by Gasteiger charge is -2.43. The molecule has 1 saturated carbocycles. The first-order chi connectivity index (χ1) is 14.2. The number of carbonyl (C=O) groups excluding carboxylic acids is 3. The van der Waals surface area contributed by atoms with E-state index in [2.05, 4.69) is 26.3 Å². The molecule has 1 aliphatic carbocycles. The summed E-state index contributed by atoms with van der Waals surface area (Å²) in [5, 5.41) is 26.8. The van der Waals surface area contributed by atoms with Crippen LogP contribution in [0.1, 0.15) is 37.9 Å². The second-order valence-corrected chi connectivity index (χ2v) is 7.77. The van der Waals surface area contributed by atoms with Gasteiger partial charge in [0, 0.05) is 25.6 Å². The zero-order chi connectivity index (χ0) is 21.7. The fourth-order valence-corrected chi connectivity index (χ4v) is 3.53. The van der Waals surface area contributed by atoms with Gasteiger partial charge in [-0.05, 0) is 30.5 Å². The average molecular weight is 414 g/mol. The Bertz CT molecular complexity index is 935. The third-order valence-corrected chi connectivity index (χ3v) is 4.79. The molecule has 4 N–H and O–H groups in total. The van der Waals surface area contributed by atoms with Crippen LogP contribution in [-0.4, -0.2) is 49.5 Å². The summed E-state index contributed by atoms with van der Waals surface area (Å²) in [5.41, 5.74) is 1.10. The second-order valence-electron chi connectivity index (χ2n) is 7.77. The van der Waals surface area contributed by atoms with Crippen LogP contribution in [0, 0.1) is 0 Å². The lowest BCUT2D eigenvalue weighted by molar-refractivity contribution is -0.126. The van der Waals surface area contributed by atoms with Crippen molar-refractivity contribution in [3.05, 3.63) is 41.7 Å². The van der Waals surface area contributed by atoms with E-state index in [1.807, 2.05) is 6.07 Å². The van der Waals surface area contributed by atoms with Crippen LogP contribution in [-0.2, 0) is 33.9 Å². The molecule has 1 aliphatic rings. The van der Waals surface area contributed by atoms with Gasteiger partial charge in [0.25, 0.3) is 0 Å². The molecular weight excluding hydrogens is 388 g/mol. The Labute approximate surface area is 174 Å². The number of aromatic nitrogens is 3. The smallest absolute Gasteiger partial charge is 0.224 e. The molecule has 1 heterocycles. The van der Waals surface area contributed by atoms with Crippen LogP contribution in [0.15, 0.2) is 30.5 Å². The van der Waals surface area contributed by atoms with Gasteiger partial charge < -0.3 is 21.1 Å². The zero-order valence-corrected chi connectivity index (χ0v) is 17.0. The van der Waals surface area contributed by atoms with Crippen LogP contribution in [0.2, 0.25) is 0 Å². The fraction of sp³-hybridized carbons (Fsp3) is 0.450. The number of hydrogen-bond acceptors (Lipinski definition) is 6. The van der Waals surface area contributed by atoms with Crippen molar-refractivity contribution in [2.24, 2.45) is 0 Å². The van der Waals surface area contributed by atoms with E-state index in [9.17, 15) is 19.5 Å². The minimum Gasteiger partial charge on any atom is -0.388 e. The molecule has 0 unspecified atom stereocenters. The number of amides is 3. The molecule has 2 aromatic rings. The van der Waals surface area contributed by atoms with Crippen LogP contribution < -0.4 is 16.0 Å². The number of rotatable bonds is 8. The van der Waals surface area contributed by atoms with E-state index in [1.165, 1.54) is 13.8 Å². The van der Waals surface area contributed by atoms with Gasteiger partial charge in [0.2, 0.25) is 17.7 Å². The SMILES string of the molecule is CC(=O)NCc1cn(CC2(O)CC(NC(=O)Cc3cccc(NC(C)=O)c3)C2)nn1. The maximum absolute atomic E-state index is 12.3. The van der Waals surface area contributed by atoms with Crippen LogP contribution >= 0.6 is 0 Å². The Kier molecular flexibility index (Phi) is 6.46. The largest absolute Gasteiger partial charge is 0.388 e. The molecule has 160 valence electrons. The normalized spacial score (nSPS) is 20.2. The van der Waals surface area contributed by atoms with E-state index in [0.29, 0.717) is 24.2 Å². The zero-order valence-electron chi connectivity index (χ0n) is 17.0. The van der Waals surface area contributed by atoms with Crippen molar-refractivity contribution in [2.75, 3.05) is 5.32 Å². The Morgan fingerprint density at radius 3 is 2.70 bits per heavy atom. The maximum atomic E-state index is 12.3. The first kappa shape index (κ1) is 21.4. The average Bonchev–Trinajstić information content (AvgIpc) is 3.05. The Morgan fingerprint density at radius 2 is 2.00 bits per heavy atom. The van der Waals surface area contributed by atoms with Gasteiger partial charge in [-0.1, -0.05) is 17.3 Å². The summed E-state index contributed by atoms with van der Waals surface area (Å²) in [7, 11) is 0. The molecule has 1 aromatic heterocycles. The van der Waals surface area contributed by atoms with Crippen molar-refractivity contribution in [1.29, 1.82) is 0 Å². The fourth-order valence-electron chi connectivity index (χ4n) is 3.53. The number of nitrogens with one attached hydrogen (secondary N) is 3. The van der Waals surface area contributed by atoms with Crippen molar-refractivity contribution in [2.45, 2.75) is 57.8 Å². The molecule has 1 aromatic carbocycles. The number of anilines is 1. The lowest BCUT2D eigenvalue weighted by Crippen LogP contribution is -2.57. The Morgan fingerprint density at radius 1 is 1.23 bits per heavy atom. The van der Waals surface area contributed by atoms with Crippen molar-refractivity contribution in [1.82, 2.24) is 25.6 Å². The molecular formula is C20H26N6O4. The number of nitrogens with zero attached hydrogens (tertiary/aromatic N) is 3. The second kappa shape index (κ2) is 9.04. The number of hydrogen-bond donors (Lipinski definition) is 4. The van der Waals surface area contributed by atoms with E-state index in [1.54, 1.807) is 29.1 Å². The van der Waals surface area contributed by atoms with Gasteiger partial charge in [0.1, 0.15) is 5.69 Å². The van der Waals surface area contributed by atoms with Crippen molar-refractivity contribution >= 4 is 23.4 Å². The molecule has 1 fully saturated rings. The van der Waals surface area contributed by atoms with Crippen molar-refractivity contribution in [3.63, 3.8) is 0 Å². The predicted molar refractivity (Wildman–Crippen MR) is 108 cm³/mol. The highest BCUT2D eigenvalue weighted by Gasteiger charge is 2.43. The standard InChI is InChI=1S/C20H26N6O4/c1-13(27)21-10-18-11-26(25-24-18)12-20(30)8-17(9-20)23-19(29)7-15-4-3-5-16(6-15)22-14(2)28/h3-6,11,17,30H,7-10,12H2,1-2H3,(H,21,27)(H,22,28)(H,23,29). The molecule has 30 heavy (non-hydrogen) atoms. The molecule has 0 atom stereocenters. The first-order valence-corrected chi connectivity index (χ1v) is 9.72. The van der Waals surface area contributed by atoms with Gasteiger partial charge in [-0.25, -0.2) is 4.68 Å². The summed E-state index contributed by atoms with van der Waals surface area (Å²) in [5.74, 6) is -0.456. The van der Waals surface area contributed by atoms with E-state index >= 15 is 0 Å². The van der Waals surface area contributed by atoms with Crippen molar-refractivity contribution < 1.29 is 19.5 Å². The summed E-state index contributed by atoms with van der Waals surface area (Å²) in [6.45, 7) is 3.41. The Hall–Kier alpha value is -3.27. The van der Waals surface area contributed by atoms with E-state index in [4.69, 9.17) is 0 Å². The maximum Gasteiger partial charge on any atom is 0.224 e. The van der Waals surface area contributed by atoms with Gasteiger partial charge in [0.15, 0.2) is 0 Å². The van der Waals surface area contributed by atoms with Crippen LogP contribution in [0.4, 0.5) is 5.69 Å². The molecule has 0 bridgehead atoms. The van der Waals surface area contributed by atoms with Gasteiger partial charge in [-0.15, -0.1) is 5.10 Å². The highest BCUT2D eigenvalue weighted by Crippen LogP contribution is 2.33. The van der Waals surface area contributed by atoms with Crippen LogP contribution in [0.5, 0.6) is 0 Å². The minimum atomic E-state index is -0.956. The number of benzene rings is 1. The van der Waals surface area contributed by atoms with Gasteiger partial charge in [-0.3, -0.25) is 14.4 Å². The Balaban J connectivity index is 1.44. The molecule has 10 heteroatoms. The summed E-state index contributed by atoms with van der Waals surface area (Å²) in [6.07, 6.45) is 2.72. The van der Waals surface area contributed by atoms with Gasteiger partial charge in [0.05, 0.1) is 31.3 Å². The van der Waals surface area contributed by atoms with E-state index in [0.717, 1.165) is 5.56 Å².